The predicted molar refractivity (Wildman–Crippen MR) is 102 cm³/mol. The van der Waals surface area contributed by atoms with Crippen LogP contribution in [0.15, 0.2) is 42.5 Å². The van der Waals surface area contributed by atoms with Crippen LogP contribution in [0.25, 0.3) is 0 Å². The van der Waals surface area contributed by atoms with Gasteiger partial charge in [-0.3, -0.25) is 4.79 Å². The highest BCUT2D eigenvalue weighted by atomic mass is 35.5. The molecule has 0 aliphatic heterocycles. The zero-order valence-corrected chi connectivity index (χ0v) is 15.8. The van der Waals surface area contributed by atoms with Gasteiger partial charge in [0.05, 0.1) is 18.4 Å². The van der Waals surface area contributed by atoms with Gasteiger partial charge in [-0.2, -0.15) is 0 Å². The molecule has 0 aliphatic rings. The van der Waals surface area contributed by atoms with Gasteiger partial charge in [-0.05, 0) is 43.7 Å². The van der Waals surface area contributed by atoms with E-state index in [0.29, 0.717) is 22.9 Å². The Morgan fingerprint density at radius 1 is 1.28 bits per heavy atom. The fourth-order valence-corrected chi connectivity index (χ4v) is 3.48. The molecular formula is C19H21ClFNO2S. The summed E-state index contributed by atoms with van der Waals surface area (Å²) in [6.07, 6.45) is 0. The smallest absolute Gasteiger partial charge is 0.230 e. The second-order valence-corrected chi connectivity index (χ2v) is 6.88. The number of amides is 1. The van der Waals surface area contributed by atoms with E-state index in [2.05, 4.69) is 5.32 Å². The maximum atomic E-state index is 13.7. The van der Waals surface area contributed by atoms with Gasteiger partial charge in [0.25, 0.3) is 0 Å². The summed E-state index contributed by atoms with van der Waals surface area (Å²) in [6.45, 7) is 4.48. The molecule has 1 amide bonds. The highest BCUT2D eigenvalue weighted by Crippen LogP contribution is 2.24. The molecule has 25 heavy (non-hydrogen) atoms. The molecule has 134 valence electrons. The number of benzene rings is 2. The van der Waals surface area contributed by atoms with Crippen molar-refractivity contribution in [1.29, 1.82) is 0 Å². The van der Waals surface area contributed by atoms with E-state index in [1.165, 1.54) is 17.8 Å². The van der Waals surface area contributed by atoms with Crippen LogP contribution in [0, 0.1) is 5.82 Å². The van der Waals surface area contributed by atoms with E-state index >= 15 is 0 Å². The quantitative estimate of drug-likeness (QED) is 0.700. The van der Waals surface area contributed by atoms with Crippen LogP contribution in [-0.2, 0) is 10.5 Å². The summed E-state index contributed by atoms with van der Waals surface area (Å²) in [5.74, 6) is 0.965. The van der Waals surface area contributed by atoms with Gasteiger partial charge in [-0.1, -0.05) is 29.8 Å². The lowest BCUT2D eigenvalue weighted by atomic mass is 10.1. The lowest BCUT2D eigenvalue weighted by Crippen LogP contribution is -2.28. The Balaban J connectivity index is 1.81. The van der Waals surface area contributed by atoms with Crippen molar-refractivity contribution in [2.45, 2.75) is 25.6 Å². The largest absolute Gasteiger partial charge is 0.494 e. The molecule has 0 saturated heterocycles. The van der Waals surface area contributed by atoms with Crippen molar-refractivity contribution in [3.05, 3.63) is 64.4 Å². The van der Waals surface area contributed by atoms with Crippen LogP contribution in [0.4, 0.5) is 4.39 Å². The third kappa shape index (κ3) is 5.94. The Labute approximate surface area is 156 Å². The third-order valence-electron chi connectivity index (χ3n) is 3.61. The number of hydrogen-bond acceptors (Lipinski definition) is 3. The summed E-state index contributed by atoms with van der Waals surface area (Å²) in [5.41, 5.74) is 1.43. The Morgan fingerprint density at radius 3 is 2.64 bits per heavy atom. The zero-order chi connectivity index (χ0) is 18.2. The molecule has 0 aliphatic carbocycles. The molecule has 0 radical (unpaired) electrons. The lowest BCUT2D eigenvalue weighted by molar-refractivity contribution is -0.119. The third-order valence-corrected chi connectivity index (χ3v) is 4.92. The predicted octanol–water partition coefficient (Wildman–Crippen LogP) is 4.99. The van der Waals surface area contributed by atoms with Gasteiger partial charge in [0.2, 0.25) is 5.91 Å². The van der Waals surface area contributed by atoms with Crippen LogP contribution in [0.1, 0.15) is 31.0 Å². The van der Waals surface area contributed by atoms with Crippen LogP contribution in [-0.4, -0.2) is 18.3 Å². The minimum atomic E-state index is -0.344. The molecule has 2 aromatic carbocycles. The number of thioether (sulfide) groups is 1. The van der Waals surface area contributed by atoms with Gasteiger partial charge < -0.3 is 10.1 Å². The van der Waals surface area contributed by atoms with E-state index in [4.69, 9.17) is 16.3 Å². The highest BCUT2D eigenvalue weighted by molar-refractivity contribution is 7.99. The van der Waals surface area contributed by atoms with Crippen molar-refractivity contribution in [1.82, 2.24) is 5.32 Å². The second kappa shape index (κ2) is 9.68. The first-order valence-electron chi connectivity index (χ1n) is 8.04. The van der Waals surface area contributed by atoms with Crippen molar-refractivity contribution < 1.29 is 13.9 Å². The molecular weight excluding hydrogens is 361 g/mol. The maximum absolute atomic E-state index is 13.7. The van der Waals surface area contributed by atoms with Gasteiger partial charge in [0.15, 0.2) is 0 Å². The molecule has 0 saturated carbocycles. The minimum absolute atomic E-state index is 0.0983. The first-order chi connectivity index (χ1) is 12.0. The Hall–Kier alpha value is -1.72. The molecule has 0 aromatic heterocycles. The van der Waals surface area contributed by atoms with Crippen LogP contribution < -0.4 is 10.1 Å². The molecule has 0 fully saturated rings. The van der Waals surface area contributed by atoms with E-state index in [9.17, 15) is 9.18 Å². The van der Waals surface area contributed by atoms with Crippen LogP contribution in [0.2, 0.25) is 5.02 Å². The molecule has 1 atom stereocenters. The van der Waals surface area contributed by atoms with Crippen molar-refractivity contribution in [2.75, 3.05) is 12.4 Å². The van der Waals surface area contributed by atoms with Gasteiger partial charge in [-0.25, -0.2) is 4.39 Å². The zero-order valence-electron chi connectivity index (χ0n) is 14.2. The average Bonchev–Trinajstić information content (AvgIpc) is 2.58. The molecule has 0 spiro atoms. The molecule has 0 bridgehead atoms. The standard InChI is InChI=1S/C19H21ClFNO2S/c1-3-24-15-9-7-14(8-10-15)13(2)22-19(23)12-25-11-16-17(20)5-4-6-18(16)21/h4-10,13H,3,11-12H2,1-2H3,(H,22,23). The van der Waals surface area contributed by atoms with Crippen LogP contribution >= 0.6 is 23.4 Å². The van der Waals surface area contributed by atoms with Crippen LogP contribution in [0.5, 0.6) is 5.75 Å². The summed E-state index contributed by atoms with van der Waals surface area (Å²) >= 11 is 7.31. The number of rotatable bonds is 8. The number of nitrogens with one attached hydrogen (secondary N) is 1. The summed E-state index contributed by atoms with van der Waals surface area (Å²) in [6, 6.07) is 12.1. The van der Waals surface area contributed by atoms with Crippen molar-refractivity contribution in [3.8, 4) is 5.75 Å². The number of ether oxygens (including phenoxy) is 1. The summed E-state index contributed by atoms with van der Waals surface area (Å²) in [7, 11) is 0. The van der Waals surface area contributed by atoms with Crippen molar-refractivity contribution >= 4 is 29.3 Å². The fraction of sp³-hybridized carbons (Fsp3) is 0.316. The fourth-order valence-electron chi connectivity index (χ4n) is 2.30. The molecule has 2 aromatic rings. The van der Waals surface area contributed by atoms with Gasteiger partial charge >= 0.3 is 0 Å². The number of halogens is 2. The summed E-state index contributed by atoms with van der Waals surface area (Å²) < 4.78 is 19.1. The van der Waals surface area contributed by atoms with Crippen molar-refractivity contribution in [2.24, 2.45) is 0 Å². The topological polar surface area (TPSA) is 38.3 Å². The monoisotopic (exact) mass is 381 g/mol. The molecule has 0 heterocycles. The second-order valence-electron chi connectivity index (χ2n) is 5.48. The molecule has 3 nitrogen and oxygen atoms in total. The van der Waals surface area contributed by atoms with E-state index in [1.54, 1.807) is 12.1 Å². The number of carbonyl (C=O) groups is 1. The average molecular weight is 382 g/mol. The summed E-state index contributed by atoms with van der Waals surface area (Å²) in [5, 5.41) is 3.32. The molecule has 1 N–H and O–H groups in total. The minimum Gasteiger partial charge on any atom is -0.494 e. The van der Waals surface area contributed by atoms with Crippen LogP contribution in [0.3, 0.4) is 0 Å². The maximum Gasteiger partial charge on any atom is 0.230 e. The van der Waals surface area contributed by atoms with E-state index in [0.717, 1.165) is 11.3 Å². The molecule has 1 unspecified atom stereocenters. The van der Waals surface area contributed by atoms with E-state index in [1.807, 2.05) is 38.1 Å². The normalized spacial score (nSPS) is 11.8. The molecule has 6 heteroatoms. The SMILES string of the molecule is CCOc1ccc(C(C)NC(=O)CSCc2c(F)cccc2Cl)cc1. The highest BCUT2D eigenvalue weighted by Gasteiger charge is 2.12. The van der Waals surface area contributed by atoms with Gasteiger partial charge in [0, 0.05) is 16.3 Å². The summed E-state index contributed by atoms with van der Waals surface area (Å²) in [4.78, 5) is 12.1. The van der Waals surface area contributed by atoms with E-state index in [-0.39, 0.29) is 23.5 Å². The Bertz CT molecular complexity index is 689. The van der Waals surface area contributed by atoms with Gasteiger partial charge in [0.1, 0.15) is 11.6 Å². The number of hydrogen-bond donors (Lipinski definition) is 1. The molecule has 2 rings (SSSR count). The van der Waals surface area contributed by atoms with E-state index < -0.39 is 0 Å². The number of carbonyl (C=O) groups excluding carboxylic acids is 1. The van der Waals surface area contributed by atoms with Crippen molar-refractivity contribution in [3.63, 3.8) is 0 Å². The lowest BCUT2D eigenvalue weighted by Gasteiger charge is -2.15. The Morgan fingerprint density at radius 2 is 2.00 bits per heavy atom. The van der Waals surface area contributed by atoms with Gasteiger partial charge in [-0.15, -0.1) is 11.8 Å². The first-order valence-corrected chi connectivity index (χ1v) is 9.57. The first kappa shape index (κ1) is 19.6. The Kier molecular flexibility index (Phi) is 7.59.